The van der Waals surface area contributed by atoms with Crippen LogP contribution in [0.3, 0.4) is 0 Å². The topological polar surface area (TPSA) is 59.1 Å². The fraction of sp³-hybridized carbons (Fsp3) is 0.214. The minimum absolute atomic E-state index is 0.602. The average molecular weight is 373 g/mol. The lowest BCUT2D eigenvalue weighted by Crippen LogP contribution is -2.41. The molecule has 2 aromatic rings. The standard InChI is InChI=1S/C14H14BrFN2O2S/c1-14(2,10-5-7-11(15)8-6-10)18-21(19,20)13-12(16)4-3-9-17-13/h3-9,18H,1-2H3. The second-order valence-corrected chi connectivity index (χ2v) is 7.54. The van der Waals surface area contributed by atoms with Crippen molar-refractivity contribution in [2.45, 2.75) is 24.4 Å². The molecule has 0 bridgehead atoms. The molecule has 0 unspecified atom stereocenters. The van der Waals surface area contributed by atoms with E-state index in [9.17, 15) is 12.8 Å². The van der Waals surface area contributed by atoms with Gasteiger partial charge in [0, 0.05) is 10.7 Å². The van der Waals surface area contributed by atoms with E-state index >= 15 is 0 Å². The zero-order valence-corrected chi connectivity index (χ0v) is 13.9. The lowest BCUT2D eigenvalue weighted by molar-refractivity contribution is 0.465. The van der Waals surface area contributed by atoms with Crippen LogP contribution in [0, 0.1) is 5.82 Å². The number of aromatic nitrogens is 1. The molecular weight excluding hydrogens is 359 g/mol. The Kier molecular flexibility index (Phi) is 4.46. The number of pyridine rings is 1. The monoisotopic (exact) mass is 372 g/mol. The Morgan fingerprint density at radius 2 is 1.81 bits per heavy atom. The summed E-state index contributed by atoms with van der Waals surface area (Å²) in [4.78, 5) is 3.61. The van der Waals surface area contributed by atoms with Crippen molar-refractivity contribution in [2.24, 2.45) is 0 Å². The van der Waals surface area contributed by atoms with Gasteiger partial charge in [-0.05, 0) is 43.7 Å². The number of hydrogen-bond acceptors (Lipinski definition) is 3. The van der Waals surface area contributed by atoms with Crippen molar-refractivity contribution in [1.29, 1.82) is 0 Å². The van der Waals surface area contributed by atoms with E-state index in [0.717, 1.165) is 16.1 Å². The summed E-state index contributed by atoms with van der Waals surface area (Å²) in [6.07, 6.45) is 1.24. The van der Waals surface area contributed by atoms with Crippen LogP contribution in [0.15, 0.2) is 52.1 Å². The third-order valence-corrected chi connectivity index (χ3v) is 5.05. The zero-order chi connectivity index (χ0) is 15.7. The number of nitrogens with one attached hydrogen (secondary N) is 1. The summed E-state index contributed by atoms with van der Waals surface area (Å²) < 4.78 is 41.6. The summed E-state index contributed by atoms with van der Waals surface area (Å²) in [6.45, 7) is 3.41. The van der Waals surface area contributed by atoms with Crippen molar-refractivity contribution in [3.8, 4) is 0 Å². The molecule has 0 aliphatic carbocycles. The van der Waals surface area contributed by atoms with E-state index in [1.807, 2.05) is 12.1 Å². The molecule has 1 aromatic carbocycles. The van der Waals surface area contributed by atoms with Crippen LogP contribution < -0.4 is 4.72 Å². The summed E-state index contributed by atoms with van der Waals surface area (Å²) in [5.41, 5.74) is -0.144. The minimum atomic E-state index is -4.05. The fourth-order valence-corrected chi connectivity index (χ4v) is 3.55. The molecule has 0 saturated carbocycles. The first-order chi connectivity index (χ1) is 9.72. The quantitative estimate of drug-likeness (QED) is 0.896. The zero-order valence-electron chi connectivity index (χ0n) is 11.5. The fourth-order valence-electron chi connectivity index (χ4n) is 1.88. The molecule has 0 aliphatic heterocycles. The van der Waals surface area contributed by atoms with E-state index in [0.29, 0.717) is 0 Å². The van der Waals surface area contributed by atoms with E-state index in [4.69, 9.17) is 0 Å². The molecule has 0 amide bonds. The smallest absolute Gasteiger partial charge is 0.241 e. The molecule has 0 fully saturated rings. The molecule has 0 spiro atoms. The summed E-state index contributed by atoms with van der Waals surface area (Å²) in [5.74, 6) is -0.878. The Balaban J connectivity index is 2.35. The van der Waals surface area contributed by atoms with E-state index in [1.165, 1.54) is 12.3 Å². The van der Waals surface area contributed by atoms with Gasteiger partial charge in [0.15, 0.2) is 5.82 Å². The van der Waals surface area contributed by atoms with Gasteiger partial charge in [0.25, 0.3) is 10.0 Å². The van der Waals surface area contributed by atoms with Gasteiger partial charge >= 0.3 is 0 Å². The Hall–Kier alpha value is -1.31. The van der Waals surface area contributed by atoms with Crippen LogP contribution in [0.4, 0.5) is 4.39 Å². The van der Waals surface area contributed by atoms with Crippen LogP contribution in [0.2, 0.25) is 0 Å². The molecular formula is C14H14BrFN2O2S. The second kappa shape index (κ2) is 5.82. The highest BCUT2D eigenvalue weighted by Gasteiger charge is 2.30. The molecule has 0 saturated heterocycles. The first-order valence-corrected chi connectivity index (χ1v) is 8.40. The third-order valence-electron chi connectivity index (χ3n) is 2.93. The number of nitrogens with zero attached hydrogens (tertiary/aromatic N) is 1. The van der Waals surface area contributed by atoms with Crippen molar-refractivity contribution < 1.29 is 12.8 Å². The summed E-state index contributed by atoms with van der Waals surface area (Å²) in [5, 5.41) is -0.602. The van der Waals surface area contributed by atoms with Crippen LogP contribution in [0.25, 0.3) is 0 Å². The molecule has 112 valence electrons. The molecule has 21 heavy (non-hydrogen) atoms. The van der Waals surface area contributed by atoms with Crippen molar-refractivity contribution in [1.82, 2.24) is 9.71 Å². The first-order valence-electron chi connectivity index (χ1n) is 6.13. The Labute approximate surface area is 131 Å². The van der Waals surface area contributed by atoms with Gasteiger partial charge in [-0.15, -0.1) is 0 Å². The molecule has 0 radical (unpaired) electrons. The maximum absolute atomic E-state index is 13.6. The lowest BCUT2D eigenvalue weighted by Gasteiger charge is -2.26. The van der Waals surface area contributed by atoms with Crippen molar-refractivity contribution >= 4 is 26.0 Å². The molecule has 4 nitrogen and oxygen atoms in total. The van der Waals surface area contributed by atoms with Gasteiger partial charge in [-0.2, -0.15) is 4.72 Å². The molecule has 7 heteroatoms. The number of rotatable bonds is 4. The van der Waals surface area contributed by atoms with Crippen LogP contribution in [-0.4, -0.2) is 13.4 Å². The third kappa shape index (κ3) is 3.66. The van der Waals surface area contributed by atoms with Crippen LogP contribution in [0.1, 0.15) is 19.4 Å². The van der Waals surface area contributed by atoms with Gasteiger partial charge < -0.3 is 0 Å². The van der Waals surface area contributed by atoms with Gasteiger partial charge in [0.2, 0.25) is 5.03 Å². The normalized spacial score (nSPS) is 12.4. The van der Waals surface area contributed by atoms with Crippen LogP contribution in [-0.2, 0) is 15.6 Å². The summed E-state index contributed by atoms with van der Waals surface area (Å²) in [7, 11) is -4.05. The number of hydrogen-bond donors (Lipinski definition) is 1. The van der Waals surface area contributed by atoms with Crippen molar-refractivity contribution in [3.63, 3.8) is 0 Å². The number of benzene rings is 1. The van der Waals surface area contributed by atoms with Crippen LogP contribution >= 0.6 is 15.9 Å². The van der Waals surface area contributed by atoms with Crippen LogP contribution in [0.5, 0.6) is 0 Å². The molecule has 1 aromatic heterocycles. The molecule has 2 rings (SSSR count). The minimum Gasteiger partial charge on any atom is -0.241 e. The number of sulfonamides is 1. The predicted molar refractivity (Wildman–Crippen MR) is 81.7 cm³/mol. The van der Waals surface area contributed by atoms with E-state index < -0.39 is 26.4 Å². The predicted octanol–water partition coefficient (Wildman–Crippen LogP) is 3.20. The molecule has 0 aliphatic rings. The second-order valence-electron chi connectivity index (χ2n) is 5.03. The highest BCUT2D eigenvalue weighted by atomic mass is 79.9. The van der Waals surface area contributed by atoms with Gasteiger partial charge in [-0.1, -0.05) is 28.1 Å². The lowest BCUT2D eigenvalue weighted by atomic mass is 9.96. The Morgan fingerprint density at radius 3 is 2.38 bits per heavy atom. The number of halogens is 2. The van der Waals surface area contributed by atoms with Crippen molar-refractivity contribution in [3.05, 3.63) is 58.4 Å². The first kappa shape index (κ1) is 16.1. The van der Waals surface area contributed by atoms with Gasteiger partial charge in [0.05, 0.1) is 5.54 Å². The molecule has 0 atom stereocenters. The molecule has 1 heterocycles. The van der Waals surface area contributed by atoms with E-state index in [-0.39, 0.29) is 0 Å². The van der Waals surface area contributed by atoms with Gasteiger partial charge in [-0.3, -0.25) is 0 Å². The highest BCUT2D eigenvalue weighted by Crippen LogP contribution is 2.24. The van der Waals surface area contributed by atoms with Crippen molar-refractivity contribution in [2.75, 3.05) is 0 Å². The Bertz CT molecular complexity index is 746. The van der Waals surface area contributed by atoms with E-state index in [2.05, 4.69) is 25.6 Å². The van der Waals surface area contributed by atoms with Gasteiger partial charge in [0.1, 0.15) is 0 Å². The highest BCUT2D eigenvalue weighted by molar-refractivity contribution is 9.10. The maximum Gasteiger partial charge on any atom is 0.261 e. The SMILES string of the molecule is CC(C)(NS(=O)(=O)c1ncccc1F)c1ccc(Br)cc1. The Morgan fingerprint density at radius 1 is 1.19 bits per heavy atom. The molecule has 1 N–H and O–H groups in total. The van der Waals surface area contributed by atoms with E-state index in [1.54, 1.807) is 26.0 Å². The average Bonchev–Trinajstić information content (AvgIpc) is 2.38. The van der Waals surface area contributed by atoms with Gasteiger partial charge in [-0.25, -0.2) is 17.8 Å². The maximum atomic E-state index is 13.6. The summed E-state index contributed by atoms with van der Waals surface area (Å²) >= 11 is 3.32. The largest absolute Gasteiger partial charge is 0.261 e. The summed E-state index contributed by atoms with van der Waals surface area (Å²) in [6, 6.07) is 9.62.